The molecule has 2 aromatic carbocycles. The molecule has 5 heteroatoms. The van der Waals surface area contributed by atoms with E-state index in [-0.39, 0.29) is 18.2 Å². The van der Waals surface area contributed by atoms with Gasteiger partial charge >= 0.3 is 0 Å². The highest BCUT2D eigenvalue weighted by Crippen LogP contribution is 2.21. The lowest BCUT2D eigenvalue weighted by Gasteiger charge is -2.34. The van der Waals surface area contributed by atoms with Crippen molar-refractivity contribution < 1.29 is 9.59 Å². The molecule has 0 saturated heterocycles. The molecule has 0 aliphatic carbocycles. The molecule has 0 spiro atoms. The fourth-order valence-electron chi connectivity index (χ4n) is 2.88. The fraction of sp³-hybridized carbons (Fsp3) is 0.200. The van der Waals surface area contributed by atoms with Gasteiger partial charge in [-0.3, -0.25) is 9.59 Å². The number of likely N-dealkylation sites (N-methyl/N-ethyl adjacent to an activating group) is 1. The number of benzene rings is 2. The highest BCUT2D eigenvalue weighted by Gasteiger charge is 2.33. The van der Waals surface area contributed by atoms with Gasteiger partial charge in [-0.05, 0) is 17.2 Å². The van der Waals surface area contributed by atoms with Crippen LogP contribution in [-0.2, 0) is 22.4 Å². The lowest BCUT2D eigenvalue weighted by atomic mass is 10.0. The monoisotopic (exact) mass is 398 g/mol. The third kappa shape index (κ3) is 3.99. The number of rotatable bonds is 4. The Bertz CT molecular complexity index is 804. The predicted octanol–water partition coefficient (Wildman–Crippen LogP) is 3.37. The third-order valence-electron chi connectivity index (χ3n) is 4.28. The molecule has 0 fully saturated rings. The van der Waals surface area contributed by atoms with E-state index in [0.29, 0.717) is 6.42 Å². The highest BCUT2D eigenvalue weighted by molar-refractivity contribution is 9.10. The quantitative estimate of drug-likeness (QED) is 0.791. The molecule has 0 unspecified atom stereocenters. The van der Waals surface area contributed by atoms with Gasteiger partial charge in [0, 0.05) is 30.3 Å². The minimum atomic E-state index is -0.521. The number of nitrogens with zero attached hydrogens (tertiary/aromatic N) is 2. The van der Waals surface area contributed by atoms with E-state index in [2.05, 4.69) is 15.9 Å². The van der Waals surface area contributed by atoms with E-state index in [1.165, 1.54) is 4.90 Å². The van der Waals surface area contributed by atoms with Crippen LogP contribution < -0.4 is 0 Å². The maximum absolute atomic E-state index is 12.9. The van der Waals surface area contributed by atoms with Crippen molar-refractivity contribution in [2.45, 2.75) is 18.9 Å². The zero-order valence-electron chi connectivity index (χ0n) is 13.9. The van der Waals surface area contributed by atoms with E-state index in [1.54, 1.807) is 24.3 Å². The fourth-order valence-corrected chi connectivity index (χ4v) is 3.30. The first kappa shape index (κ1) is 17.4. The van der Waals surface area contributed by atoms with Crippen LogP contribution in [-0.4, -0.2) is 34.7 Å². The zero-order valence-corrected chi connectivity index (χ0v) is 15.5. The van der Waals surface area contributed by atoms with Crippen LogP contribution in [0.5, 0.6) is 0 Å². The SMILES string of the molecule is CN1C=CN(C(=O)Cc2ccccc2Br)[C@@H](Cc2ccccc2)C1=O. The topological polar surface area (TPSA) is 40.6 Å². The average molecular weight is 399 g/mol. The van der Waals surface area contributed by atoms with Crippen molar-refractivity contribution in [3.63, 3.8) is 0 Å². The summed E-state index contributed by atoms with van der Waals surface area (Å²) in [5, 5.41) is 0. The number of carbonyl (C=O) groups excluding carboxylic acids is 2. The second-order valence-electron chi connectivity index (χ2n) is 6.02. The number of halogens is 1. The number of amides is 2. The van der Waals surface area contributed by atoms with Crippen molar-refractivity contribution in [3.05, 3.63) is 82.6 Å². The van der Waals surface area contributed by atoms with E-state index in [9.17, 15) is 9.59 Å². The Balaban J connectivity index is 1.83. The summed E-state index contributed by atoms with van der Waals surface area (Å²) in [5.41, 5.74) is 1.94. The van der Waals surface area contributed by atoms with E-state index < -0.39 is 6.04 Å². The van der Waals surface area contributed by atoms with Gasteiger partial charge in [-0.25, -0.2) is 0 Å². The molecule has 0 radical (unpaired) electrons. The van der Waals surface area contributed by atoms with Gasteiger partial charge in [0.25, 0.3) is 0 Å². The van der Waals surface area contributed by atoms with Crippen LogP contribution in [0.25, 0.3) is 0 Å². The molecule has 1 aliphatic heterocycles. The number of hydrogen-bond acceptors (Lipinski definition) is 2. The Morgan fingerprint density at radius 3 is 2.44 bits per heavy atom. The van der Waals surface area contributed by atoms with Gasteiger partial charge in [0.1, 0.15) is 6.04 Å². The number of carbonyl (C=O) groups is 2. The maximum Gasteiger partial charge on any atom is 0.249 e. The Morgan fingerprint density at radius 1 is 1.04 bits per heavy atom. The Labute approximate surface area is 155 Å². The molecular weight excluding hydrogens is 380 g/mol. The molecule has 0 N–H and O–H groups in total. The van der Waals surface area contributed by atoms with Crippen molar-refractivity contribution in [1.82, 2.24) is 9.80 Å². The summed E-state index contributed by atoms with van der Waals surface area (Å²) in [7, 11) is 1.71. The first-order valence-electron chi connectivity index (χ1n) is 8.10. The molecule has 1 heterocycles. The van der Waals surface area contributed by atoms with Crippen molar-refractivity contribution in [1.29, 1.82) is 0 Å². The van der Waals surface area contributed by atoms with Crippen molar-refractivity contribution in [2.75, 3.05) is 7.05 Å². The summed E-state index contributed by atoms with van der Waals surface area (Å²) in [6, 6.07) is 16.9. The second-order valence-corrected chi connectivity index (χ2v) is 6.88. The van der Waals surface area contributed by atoms with Gasteiger partial charge in [0.2, 0.25) is 11.8 Å². The van der Waals surface area contributed by atoms with Crippen LogP contribution in [0.2, 0.25) is 0 Å². The van der Waals surface area contributed by atoms with Crippen molar-refractivity contribution >= 4 is 27.7 Å². The molecule has 1 aliphatic rings. The van der Waals surface area contributed by atoms with Crippen LogP contribution in [0, 0.1) is 0 Å². The first-order valence-corrected chi connectivity index (χ1v) is 8.89. The summed E-state index contributed by atoms with van der Waals surface area (Å²) in [4.78, 5) is 28.6. The Morgan fingerprint density at radius 2 is 1.72 bits per heavy atom. The largest absolute Gasteiger partial charge is 0.319 e. The molecule has 2 aromatic rings. The molecule has 0 aromatic heterocycles. The summed E-state index contributed by atoms with van der Waals surface area (Å²) >= 11 is 3.48. The Kier molecular flexibility index (Phi) is 5.34. The van der Waals surface area contributed by atoms with Crippen LogP contribution in [0.15, 0.2) is 71.5 Å². The molecule has 25 heavy (non-hydrogen) atoms. The van der Waals surface area contributed by atoms with Gasteiger partial charge in [-0.2, -0.15) is 0 Å². The van der Waals surface area contributed by atoms with Crippen LogP contribution in [0.3, 0.4) is 0 Å². The van der Waals surface area contributed by atoms with Gasteiger partial charge in [0.15, 0.2) is 0 Å². The lowest BCUT2D eigenvalue weighted by molar-refractivity contribution is -0.142. The third-order valence-corrected chi connectivity index (χ3v) is 5.05. The molecule has 3 rings (SSSR count). The van der Waals surface area contributed by atoms with Gasteiger partial charge < -0.3 is 9.80 Å². The van der Waals surface area contributed by atoms with Crippen molar-refractivity contribution in [2.24, 2.45) is 0 Å². The first-order chi connectivity index (χ1) is 12.1. The van der Waals surface area contributed by atoms with E-state index in [1.807, 2.05) is 54.6 Å². The van der Waals surface area contributed by atoms with E-state index >= 15 is 0 Å². The van der Waals surface area contributed by atoms with Crippen molar-refractivity contribution in [3.8, 4) is 0 Å². The van der Waals surface area contributed by atoms with Crippen LogP contribution >= 0.6 is 15.9 Å². The zero-order chi connectivity index (χ0) is 17.8. The van der Waals surface area contributed by atoms with E-state index in [0.717, 1.165) is 15.6 Å². The second kappa shape index (κ2) is 7.66. The van der Waals surface area contributed by atoms with Gasteiger partial charge in [-0.15, -0.1) is 0 Å². The maximum atomic E-state index is 12.9. The molecule has 4 nitrogen and oxygen atoms in total. The van der Waals surface area contributed by atoms with Gasteiger partial charge in [-0.1, -0.05) is 64.5 Å². The summed E-state index contributed by atoms with van der Waals surface area (Å²) in [5.74, 6) is -0.169. The van der Waals surface area contributed by atoms with E-state index in [4.69, 9.17) is 0 Å². The molecule has 2 amide bonds. The minimum absolute atomic E-state index is 0.0770. The molecule has 0 bridgehead atoms. The highest BCUT2D eigenvalue weighted by atomic mass is 79.9. The molecule has 0 saturated carbocycles. The summed E-state index contributed by atoms with van der Waals surface area (Å²) < 4.78 is 0.896. The van der Waals surface area contributed by atoms with Gasteiger partial charge in [0.05, 0.1) is 6.42 Å². The lowest BCUT2D eigenvalue weighted by Crippen LogP contribution is -2.51. The average Bonchev–Trinajstić information content (AvgIpc) is 2.62. The van der Waals surface area contributed by atoms with Crippen LogP contribution in [0.4, 0.5) is 0 Å². The molecular formula is C20H19BrN2O2. The summed E-state index contributed by atoms with van der Waals surface area (Å²) in [6.07, 6.45) is 4.08. The normalized spacial score (nSPS) is 17.0. The Hall–Kier alpha value is -2.40. The predicted molar refractivity (Wildman–Crippen MR) is 101 cm³/mol. The molecule has 1 atom stereocenters. The number of hydrogen-bond donors (Lipinski definition) is 0. The molecule has 128 valence electrons. The van der Waals surface area contributed by atoms with Crippen LogP contribution in [0.1, 0.15) is 11.1 Å². The smallest absolute Gasteiger partial charge is 0.249 e. The summed E-state index contributed by atoms with van der Waals surface area (Å²) in [6.45, 7) is 0. The standard InChI is InChI=1S/C20H19BrN2O2/c1-22-11-12-23(19(24)14-16-9-5-6-10-17(16)21)18(20(22)25)13-15-7-3-2-4-8-15/h2-12,18H,13-14H2,1H3/t18-/m0/s1. The minimum Gasteiger partial charge on any atom is -0.319 e.